The van der Waals surface area contributed by atoms with Crippen molar-refractivity contribution in [1.82, 2.24) is 19.7 Å². The van der Waals surface area contributed by atoms with Crippen molar-refractivity contribution in [3.05, 3.63) is 23.5 Å². The second kappa shape index (κ2) is 6.35. The molecule has 0 atom stereocenters. The number of nitrogens with zero attached hydrogens (tertiary/aromatic N) is 5. The molecule has 22 heavy (non-hydrogen) atoms. The summed E-state index contributed by atoms with van der Waals surface area (Å²) < 4.78 is 1.71. The lowest BCUT2D eigenvalue weighted by Crippen LogP contribution is -2.38. The van der Waals surface area contributed by atoms with E-state index in [0.717, 1.165) is 42.6 Å². The summed E-state index contributed by atoms with van der Waals surface area (Å²) in [6, 6.07) is -0.0583. The van der Waals surface area contributed by atoms with Crippen LogP contribution in [-0.4, -0.2) is 51.9 Å². The standard InChI is InChI=1S/C14H20N6OS/c1-11-12(10-18(2)17-11)16-13(21)19-5-3-6-20(8-7-19)14-15-4-9-22-14/h4,9-10H,3,5-8H2,1-2H3,(H,16,21). The maximum atomic E-state index is 12.4. The average Bonchev–Trinajstić information content (AvgIpc) is 3.03. The van der Waals surface area contributed by atoms with Crippen molar-refractivity contribution in [3.63, 3.8) is 0 Å². The number of carbonyl (C=O) groups excluding carboxylic acids is 1. The molecule has 0 bridgehead atoms. The Morgan fingerprint density at radius 1 is 1.32 bits per heavy atom. The minimum atomic E-state index is -0.0583. The number of nitrogens with one attached hydrogen (secondary N) is 1. The molecule has 1 fully saturated rings. The highest BCUT2D eigenvalue weighted by Crippen LogP contribution is 2.19. The van der Waals surface area contributed by atoms with Gasteiger partial charge in [-0.05, 0) is 13.3 Å². The summed E-state index contributed by atoms with van der Waals surface area (Å²) >= 11 is 1.64. The van der Waals surface area contributed by atoms with Gasteiger partial charge in [-0.3, -0.25) is 4.68 Å². The van der Waals surface area contributed by atoms with Crippen LogP contribution in [0.5, 0.6) is 0 Å². The zero-order valence-electron chi connectivity index (χ0n) is 12.8. The van der Waals surface area contributed by atoms with Gasteiger partial charge < -0.3 is 15.1 Å². The number of anilines is 2. The Bertz CT molecular complexity index is 638. The van der Waals surface area contributed by atoms with Crippen molar-refractivity contribution in [2.24, 2.45) is 7.05 Å². The van der Waals surface area contributed by atoms with Crippen LogP contribution >= 0.6 is 11.3 Å². The number of urea groups is 1. The topological polar surface area (TPSA) is 66.3 Å². The van der Waals surface area contributed by atoms with Crippen LogP contribution in [-0.2, 0) is 7.05 Å². The molecule has 0 unspecified atom stereocenters. The molecule has 3 rings (SSSR count). The molecule has 2 aromatic heterocycles. The molecule has 1 aliphatic rings. The van der Waals surface area contributed by atoms with Crippen LogP contribution in [0.1, 0.15) is 12.1 Å². The van der Waals surface area contributed by atoms with E-state index in [1.165, 1.54) is 0 Å². The molecule has 3 heterocycles. The van der Waals surface area contributed by atoms with E-state index in [4.69, 9.17) is 0 Å². The van der Waals surface area contributed by atoms with Crippen molar-refractivity contribution < 1.29 is 4.79 Å². The highest BCUT2D eigenvalue weighted by Gasteiger charge is 2.21. The molecule has 2 aromatic rings. The minimum absolute atomic E-state index is 0.0583. The maximum Gasteiger partial charge on any atom is 0.322 e. The second-order valence-corrected chi connectivity index (χ2v) is 6.25. The van der Waals surface area contributed by atoms with Crippen molar-refractivity contribution in [3.8, 4) is 0 Å². The second-order valence-electron chi connectivity index (χ2n) is 5.37. The largest absolute Gasteiger partial charge is 0.346 e. The molecule has 118 valence electrons. The van der Waals surface area contributed by atoms with E-state index in [1.807, 2.05) is 36.6 Å². The van der Waals surface area contributed by atoms with E-state index in [0.29, 0.717) is 6.54 Å². The van der Waals surface area contributed by atoms with E-state index < -0.39 is 0 Å². The summed E-state index contributed by atoms with van der Waals surface area (Å²) in [7, 11) is 1.85. The van der Waals surface area contributed by atoms with Gasteiger partial charge in [-0.2, -0.15) is 5.10 Å². The van der Waals surface area contributed by atoms with Gasteiger partial charge in [0.15, 0.2) is 5.13 Å². The van der Waals surface area contributed by atoms with Crippen LogP contribution in [0.3, 0.4) is 0 Å². The molecule has 1 saturated heterocycles. The molecule has 0 saturated carbocycles. The van der Waals surface area contributed by atoms with Gasteiger partial charge in [0.25, 0.3) is 0 Å². The van der Waals surface area contributed by atoms with E-state index in [1.54, 1.807) is 16.0 Å². The fourth-order valence-electron chi connectivity index (χ4n) is 2.60. The normalized spacial score (nSPS) is 15.7. The number of aromatic nitrogens is 3. The lowest BCUT2D eigenvalue weighted by molar-refractivity contribution is 0.215. The number of carbonyl (C=O) groups is 1. The molecule has 0 aromatic carbocycles. The van der Waals surface area contributed by atoms with Crippen molar-refractivity contribution >= 4 is 28.2 Å². The van der Waals surface area contributed by atoms with E-state index in [9.17, 15) is 4.79 Å². The number of rotatable bonds is 2. The van der Waals surface area contributed by atoms with Crippen LogP contribution in [0, 0.1) is 6.92 Å². The summed E-state index contributed by atoms with van der Waals surface area (Å²) in [5.74, 6) is 0. The first-order chi connectivity index (χ1) is 10.6. The van der Waals surface area contributed by atoms with Crippen LogP contribution in [0.15, 0.2) is 17.8 Å². The van der Waals surface area contributed by atoms with Crippen LogP contribution < -0.4 is 10.2 Å². The van der Waals surface area contributed by atoms with Crippen LogP contribution in [0.25, 0.3) is 0 Å². The fourth-order valence-corrected chi connectivity index (χ4v) is 3.30. The van der Waals surface area contributed by atoms with Crippen molar-refractivity contribution in [1.29, 1.82) is 0 Å². The van der Waals surface area contributed by atoms with Crippen molar-refractivity contribution in [2.45, 2.75) is 13.3 Å². The van der Waals surface area contributed by atoms with Gasteiger partial charge in [-0.15, -0.1) is 11.3 Å². The van der Waals surface area contributed by atoms with E-state index >= 15 is 0 Å². The Kier molecular flexibility index (Phi) is 4.28. The molecule has 0 spiro atoms. The first-order valence-corrected chi connectivity index (χ1v) is 8.22. The Balaban J connectivity index is 1.61. The zero-order chi connectivity index (χ0) is 15.5. The number of thiazole rings is 1. The molecule has 7 nitrogen and oxygen atoms in total. The predicted octanol–water partition coefficient (Wildman–Crippen LogP) is 1.93. The van der Waals surface area contributed by atoms with E-state index in [-0.39, 0.29) is 6.03 Å². The maximum absolute atomic E-state index is 12.4. The molecule has 0 aliphatic carbocycles. The van der Waals surface area contributed by atoms with Gasteiger partial charge in [0.1, 0.15) is 0 Å². The highest BCUT2D eigenvalue weighted by molar-refractivity contribution is 7.13. The summed E-state index contributed by atoms with van der Waals surface area (Å²) in [6.45, 7) is 5.09. The SMILES string of the molecule is Cc1nn(C)cc1NC(=O)N1CCCN(c2nccs2)CC1. The third kappa shape index (κ3) is 3.22. The van der Waals surface area contributed by atoms with Gasteiger partial charge in [-0.25, -0.2) is 9.78 Å². The lowest BCUT2D eigenvalue weighted by atomic mass is 10.4. The van der Waals surface area contributed by atoms with Crippen molar-refractivity contribution in [2.75, 3.05) is 36.4 Å². The summed E-state index contributed by atoms with van der Waals surface area (Å²) in [5.41, 5.74) is 1.60. The predicted molar refractivity (Wildman–Crippen MR) is 87.5 cm³/mol. The Morgan fingerprint density at radius 3 is 2.86 bits per heavy atom. The quantitative estimate of drug-likeness (QED) is 0.918. The average molecular weight is 320 g/mol. The summed E-state index contributed by atoms with van der Waals surface area (Å²) in [5, 5.41) is 10.2. The highest BCUT2D eigenvalue weighted by atomic mass is 32.1. The van der Waals surface area contributed by atoms with Gasteiger partial charge in [0.05, 0.1) is 11.4 Å². The summed E-state index contributed by atoms with van der Waals surface area (Å²) in [6.07, 6.45) is 4.59. The number of hydrogen-bond donors (Lipinski definition) is 1. The summed E-state index contributed by atoms with van der Waals surface area (Å²) in [4.78, 5) is 20.9. The molecule has 1 N–H and O–H groups in total. The van der Waals surface area contributed by atoms with Crippen LogP contribution in [0.4, 0.5) is 15.6 Å². The third-order valence-electron chi connectivity index (χ3n) is 3.73. The monoisotopic (exact) mass is 320 g/mol. The van der Waals surface area contributed by atoms with Crippen LogP contribution in [0.2, 0.25) is 0 Å². The molecule has 1 aliphatic heterocycles. The van der Waals surface area contributed by atoms with E-state index in [2.05, 4.69) is 20.3 Å². The van der Waals surface area contributed by atoms with Gasteiger partial charge in [-0.1, -0.05) is 0 Å². The Hall–Kier alpha value is -2.09. The third-order valence-corrected chi connectivity index (χ3v) is 4.56. The Labute approximate surface area is 133 Å². The molecule has 8 heteroatoms. The van der Waals surface area contributed by atoms with Gasteiger partial charge >= 0.3 is 6.03 Å². The zero-order valence-corrected chi connectivity index (χ0v) is 13.6. The van der Waals surface area contributed by atoms with Gasteiger partial charge in [0.2, 0.25) is 0 Å². The lowest BCUT2D eigenvalue weighted by Gasteiger charge is -2.21. The smallest absolute Gasteiger partial charge is 0.322 e. The number of hydrogen-bond acceptors (Lipinski definition) is 5. The molecule has 0 radical (unpaired) electrons. The Morgan fingerprint density at radius 2 is 2.18 bits per heavy atom. The minimum Gasteiger partial charge on any atom is -0.346 e. The molecule has 2 amide bonds. The number of amides is 2. The molecular weight excluding hydrogens is 300 g/mol. The van der Waals surface area contributed by atoms with Gasteiger partial charge in [0, 0.05) is 51.0 Å². The number of aryl methyl sites for hydroxylation is 2. The first-order valence-electron chi connectivity index (χ1n) is 7.34. The first kappa shape index (κ1) is 14.8. The fraction of sp³-hybridized carbons (Fsp3) is 0.500. The molecular formula is C14H20N6OS.